The summed E-state index contributed by atoms with van der Waals surface area (Å²) in [6, 6.07) is 2.64. The van der Waals surface area contributed by atoms with E-state index in [1.54, 1.807) is 0 Å². The molecule has 1 aromatic rings. The molecule has 2 amide bonds. The quantitative estimate of drug-likeness (QED) is 0.516. The minimum atomic E-state index is -0.0614. The normalized spacial score (nSPS) is 25.4. The molecule has 4 fully saturated rings. The molecule has 0 bridgehead atoms. The molecule has 0 spiro atoms. The Balaban J connectivity index is 1.30. The Hall–Kier alpha value is -3.18. The predicted molar refractivity (Wildman–Crippen MR) is 144 cm³/mol. The number of amides is 2. The van der Waals surface area contributed by atoms with Gasteiger partial charge in [0.2, 0.25) is 11.8 Å². The van der Waals surface area contributed by atoms with Gasteiger partial charge in [-0.05, 0) is 68.6 Å². The molecule has 8 nitrogen and oxygen atoms in total. The number of anilines is 1. The minimum absolute atomic E-state index is 0.0614. The van der Waals surface area contributed by atoms with E-state index in [9.17, 15) is 14.9 Å². The number of piperazine rings is 1. The molecule has 8 heteroatoms. The van der Waals surface area contributed by atoms with Crippen LogP contribution in [0.25, 0.3) is 5.57 Å². The first-order valence-corrected chi connectivity index (χ1v) is 14.2. The van der Waals surface area contributed by atoms with Gasteiger partial charge in [0.1, 0.15) is 11.9 Å². The summed E-state index contributed by atoms with van der Waals surface area (Å²) in [6.45, 7) is 9.71. The molecule has 2 atom stereocenters. The molecule has 0 radical (unpaired) electrons. The van der Waals surface area contributed by atoms with E-state index in [-0.39, 0.29) is 24.0 Å². The van der Waals surface area contributed by atoms with Crippen molar-refractivity contribution in [2.45, 2.75) is 69.9 Å². The lowest BCUT2D eigenvalue weighted by Crippen LogP contribution is -2.57. The maximum atomic E-state index is 13.2. The maximum absolute atomic E-state index is 13.2. The lowest BCUT2D eigenvalue weighted by Gasteiger charge is -2.43. The highest BCUT2D eigenvalue weighted by Gasteiger charge is 2.43. The highest BCUT2D eigenvalue weighted by Crippen LogP contribution is 2.46. The van der Waals surface area contributed by atoms with Crippen LogP contribution in [0.3, 0.4) is 0 Å². The number of ether oxygens (including phenoxy) is 1. The molecule has 2 unspecified atom stereocenters. The van der Waals surface area contributed by atoms with E-state index in [4.69, 9.17) is 9.72 Å². The second-order valence-electron chi connectivity index (χ2n) is 11.5. The van der Waals surface area contributed by atoms with Gasteiger partial charge in [-0.1, -0.05) is 12.7 Å². The Morgan fingerprint density at radius 1 is 1.21 bits per heavy atom. The fraction of sp³-hybridized carbons (Fsp3) is 0.600. The van der Waals surface area contributed by atoms with E-state index in [1.807, 2.05) is 11.8 Å². The average molecular weight is 516 g/mol. The summed E-state index contributed by atoms with van der Waals surface area (Å²) in [5, 5.41) is 10.3. The highest BCUT2D eigenvalue weighted by atomic mass is 16.5. The zero-order valence-corrected chi connectivity index (χ0v) is 22.3. The molecule has 200 valence electrons. The van der Waals surface area contributed by atoms with E-state index in [1.165, 1.54) is 6.08 Å². The number of hydrogen-bond donors (Lipinski definition) is 0. The highest BCUT2D eigenvalue weighted by molar-refractivity contribution is 5.89. The Bertz CT molecular complexity index is 1220. The second kappa shape index (κ2) is 10.2. The molecule has 5 aliphatic rings. The SMILES string of the molecule is C=CC(=O)N1CCC=C(c2c(C3CC3)nc(N3CCN(C(=O)CC4CCO4)C(C4CC4)C3)c(C#N)c2C)C1. The van der Waals surface area contributed by atoms with Crippen LogP contribution in [0.4, 0.5) is 5.82 Å². The van der Waals surface area contributed by atoms with Gasteiger partial charge in [-0.3, -0.25) is 9.59 Å². The van der Waals surface area contributed by atoms with Gasteiger partial charge in [0.05, 0.1) is 29.8 Å². The van der Waals surface area contributed by atoms with Gasteiger partial charge in [0.15, 0.2) is 0 Å². The first-order valence-electron chi connectivity index (χ1n) is 14.2. The molecule has 4 heterocycles. The van der Waals surface area contributed by atoms with Crippen molar-refractivity contribution in [2.75, 3.05) is 44.2 Å². The number of rotatable bonds is 7. The molecule has 3 aliphatic heterocycles. The van der Waals surface area contributed by atoms with E-state index < -0.39 is 0 Å². The molecule has 2 saturated heterocycles. The summed E-state index contributed by atoms with van der Waals surface area (Å²) in [6.07, 6.45) is 10.4. The third-order valence-corrected chi connectivity index (χ3v) is 8.89. The lowest BCUT2D eigenvalue weighted by molar-refractivity contribution is -0.142. The molecule has 38 heavy (non-hydrogen) atoms. The van der Waals surface area contributed by atoms with Crippen LogP contribution in [-0.4, -0.2) is 78.1 Å². The first-order chi connectivity index (χ1) is 18.5. The molecular weight excluding hydrogens is 478 g/mol. The van der Waals surface area contributed by atoms with Crippen molar-refractivity contribution < 1.29 is 14.3 Å². The van der Waals surface area contributed by atoms with Crippen molar-refractivity contribution in [3.8, 4) is 6.07 Å². The van der Waals surface area contributed by atoms with Gasteiger partial charge in [0, 0.05) is 50.8 Å². The lowest BCUT2D eigenvalue weighted by atomic mass is 9.90. The van der Waals surface area contributed by atoms with Gasteiger partial charge in [-0.15, -0.1) is 0 Å². The fourth-order valence-corrected chi connectivity index (χ4v) is 6.33. The summed E-state index contributed by atoms with van der Waals surface area (Å²) in [5.74, 6) is 1.83. The van der Waals surface area contributed by atoms with Crippen LogP contribution < -0.4 is 4.90 Å². The van der Waals surface area contributed by atoms with Crippen molar-refractivity contribution in [3.63, 3.8) is 0 Å². The largest absolute Gasteiger partial charge is 0.377 e. The van der Waals surface area contributed by atoms with Crippen molar-refractivity contribution in [1.82, 2.24) is 14.8 Å². The van der Waals surface area contributed by atoms with Gasteiger partial charge in [-0.25, -0.2) is 4.98 Å². The number of carbonyl (C=O) groups is 2. The molecule has 0 N–H and O–H groups in total. The zero-order chi connectivity index (χ0) is 26.4. The molecule has 6 rings (SSSR count). The van der Waals surface area contributed by atoms with E-state index in [0.29, 0.717) is 50.0 Å². The van der Waals surface area contributed by atoms with Crippen LogP contribution in [0, 0.1) is 24.2 Å². The molecule has 2 aliphatic carbocycles. The third-order valence-electron chi connectivity index (χ3n) is 8.89. The van der Waals surface area contributed by atoms with Crippen molar-refractivity contribution in [1.29, 1.82) is 5.26 Å². The van der Waals surface area contributed by atoms with Gasteiger partial charge < -0.3 is 19.4 Å². The van der Waals surface area contributed by atoms with E-state index >= 15 is 0 Å². The van der Waals surface area contributed by atoms with Crippen LogP contribution in [0.2, 0.25) is 0 Å². The van der Waals surface area contributed by atoms with Gasteiger partial charge >= 0.3 is 0 Å². The monoisotopic (exact) mass is 515 g/mol. The van der Waals surface area contributed by atoms with Gasteiger partial charge in [-0.2, -0.15) is 5.26 Å². The maximum Gasteiger partial charge on any atom is 0.246 e. The standard InChI is InChI=1S/C30H37N5O3/c1-3-26(36)33-11-4-5-22(17-33)28-19(2)24(16-31)30(32-29(28)21-8-9-21)34-12-13-35(25(18-34)20-6-7-20)27(37)15-23-10-14-38-23/h3,5,20-21,23,25H,1,4,6-15,17-18H2,2H3. The summed E-state index contributed by atoms with van der Waals surface area (Å²) in [5.41, 5.74) is 4.80. The molecule has 1 aromatic heterocycles. The number of nitriles is 1. The number of nitrogens with zero attached hydrogens (tertiary/aromatic N) is 5. The number of carbonyl (C=O) groups excluding carboxylic acids is 2. The third kappa shape index (κ3) is 4.73. The van der Waals surface area contributed by atoms with Crippen LogP contribution in [-0.2, 0) is 14.3 Å². The van der Waals surface area contributed by atoms with Crippen molar-refractivity contribution in [2.24, 2.45) is 5.92 Å². The summed E-state index contributed by atoms with van der Waals surface area (Å²) < 4.78 is 5.53. The predicted octanol–water partition coefficient (Wildman–Crippen LogP) is 3.55. The Morgan fingerprint density at radius 3 is 2.63 bits per heavy atom. The zero-order valence-electron chi connectivity index (χ0n) is 22.3. The minimum Gasteiger partial charge on any atom is -0.377 e. The molecular formula is C30H37N5O3. The van der Waals surface area contributed by atoms with Crippen molar-refractivity contribution >= 4 is 23.2 Å². The topological polar surface area (TPSA) is 89.8 Å². The van der Waals surface area contributed by atoms with E-state index in [2.05, 4.69) is 28.5 Å². The van der Waals surface area contributed by atoms with Crippen LogP contribution >= 0.6 is 0 Å². The van der Waals surface area contributed by atoms with Crippen LogP contribution in [0.15, 0.2) is 18.7 Å². The average Bonchev–Trinajstić information content (AvgIpc) is 3.82. The summed E-state index contributed by atoms with van der Waals surface area (Å²) >= 11 is 0. The Kier molecular flexibility index (Phi) is 6.73. The van der Waals surface area contributed by atoms with Crippen LogP contribution in [0.1, 0.15) is 73.2 Å². The first kappa shape index (κ1) is 25.1. The van der Waals surface area contributed by atoms with E-state index in [0.717, 1.165) is 79.9 Å². The van der Waals surface area contributed by atoms with Gasteiger partial charge in [0.25, 0.3) is 0 Å². The number of pyridine rings is 1. The number of hydrogen-bond acceptors (Lipinski definition) is 6. The second-order valence-corrected chi connectivity index (χ2v) is 11.5. The molecule has 0 aromatic carbocycles. The smallest absolute Gasteiger partial charge is 0.246 e. The van der Waals surface area contributed by atoms with Crippen LogP contribution in [0.5, 0.6) is 0 Å². The Labute approximate surface area is 224 Å². The molecule has 2 saturated carbocycles. The summed E-state index contributed by atoms with van der Waals surface area (Å²) in [7, 11) is 0. The number of aromatic nitrogens is 1. The fourth-order valence-electron chi connectivity index (χ4n) is 6.33. The Morgan fingerprint density at radius 2 is 2.00 bits per heavy atom. The summed E-state index contributed by atoms with van der Waals surface area (Å²) in [4.78, 5) is 36.9. The van der Waals surface area contributed by atoms with Crippen molar-refractivity contribution in [3.05, 3.63) is 41.1 Å².